The van der Waals surface area contributed by atoms with Gasteiger partial charge in [-0.05, 0) is 35.9 Å². The third-order valence-electron chi connectivity index (χ3n) is 4.47. The fourth-order valence-electron chi connectivity index (χ4n) is 3.11. The molecule has 0 atom stereocenters. The van der Waals surface area contributed by atoms with Crippen molar-refractivity contribution in [3.8, 4) is 0 Å². The number of nitrogens with zero attached hydrogens (tertiary/aromatic N) is 4. The number of hydrogen-bond acceptors (Lipinski definition) is 4. The Morgan fingerprint density at radius 1 is 0.964 bits per heavy atom. The SMILES string of the molecule is O=C(Cc1cccnc1)Nc1ccc(N2CCN(c3ccccc3)C2=O)nc1. The first-order valence-electron chi connectivity index (χ1n) is 8.99. The molecule has 2 aromatic heterocycles. The van der Waals surface area contributed by atoms with Gasteiger partial charge in [0.25, 0.3) is 0 Å². The number of hydrogen-bond donors (Lipinski definition) is 1. The van der Waals surface area contributed by atoms with Crippen LogP contribution in [0.3, 0.4) is 0 Å². The van der Waals surface area contributed by atoms with Crippen LogP contribution < -0.4 is 15.1 Å². The smallest absolute Gasteiger partial charge is 0.324 e. The molecule has 3 heterocycles. The fourth-order valence-corrected chi connectivity index (χ4v) is 3.11. The molecule has 7 heteroatoms. The van der Waals surface area contributed by atoms with Crippen molar-refractivity contribution < 1.29 is 9.59 Å². The molecule has 0 spiro atoms. The van der Waals surface area contributed by atoms with Gasteiger partial charge in [-0.25, -0.2) is 9.78 Å². The number of rotatable bonds is 5. The van der Waals surface area contributed by atoms with Crippen molar-refractivity contribution in [2.45, 2.75) is 6.42 Å². The molecule has 1 aliphatic heterocycles. The Morgan fingerprint density at radius 3 is 2.50 bits per heavy atom. The van der Waals surface area contributed by atoms with Crippen LogP contribution in [0.25, 0.3) is 0 Å². The monoisotopic (exact) mass is 373 g/mol. The Balaban J connectivity index is 1.39. The first-order valence-corrected chi connectivity index (χ1v) is 8.99. The van der Waals surface area contributed by atoms with Gasteiger partial charge in [0, 0.05) is 31.2 Å². The highest BCUT2D eigenvalue weighted by Gasteiger charge is 2.31. The molecule has 1 aliphatic rings. The van der Waals surface area contributed by atoms with Crippen LogP contribution in [0.4, 0.5) is 22.0 Å². The topological polar surface area (TPSA) is 78.4 Å². The summed E-state index contributed by atoms with van der Waals surface area (Å²) >= 11 is 0. The largest absolute Gasteiger partial charge is 0.330 e. The number of aromatic nitrogens is 2. The molecule has 1 aromatic carbocycles. The van der Waals surface area contributed by atoms with Crippen LogP contribution in [0, 0.1) is 0 Å². The van der Waals surface area contributed by atoms with E-state index in [0.717, 1.165) is 11.3 Å². The molecule has 0 bridgehead atoms. The Labute approximate surface area is 162 Å². The van der Waals surface area contributed by atoms with Crippen LogP contribution in [0.2, 0.25) is 0 Å². The maximum atomic E-state index is 12.7. The Bertz CT molecular complexity index is 961. The maximum absolute atomic E-state index is 12.7. The van der Waals surface area contributed by atoms with E-state index in [1.165, 1.54) is 0 Å². The minimum Gasteiger partial charge on any atom is -0.324 e. The molecule has 7 nitrogen and oxygen atoms in total. The molecule has 3 amide bonds. The fraction of sp³-hybridized carbons (Fsp3) is 0.143. The highest BCUT2D eigenvalue weighted by molar-refractivity contribution is 6.05. The van der Waals surface area contributed by atoms with Gasteiger partial charge in [0.05, 0.1) is 18.3 Å². The molecule has 0 unspecified atom stereocenters. The highest BCUT2D eigenvalue weighted by Crippen LogP contribution is 2.24. The van der Waals surface area contributed by atoms with Crippen LogP contribution in [0.15, 0.2) is 73.2 Å². The van der Waals surface area contributed by atoms with Gasteiger partial charge in [-0.1, -0.05) is 24.3 Å². The number of pyridine rings is 2. The zero-order chi connectivity index (χ0) is 19.3. The molecule has 3 aromatic rings. The third kappa shape index (κ3) is 3.83. The molecule has 1 fully saturated rings. The molecule has 28 heavy (non-hydrogen) atoms. The van der Waals surface area contributed by atoms with Gasteiger partial charge >= 0.3 is 6.03 Å². The standard InChI is InChI=1S/C21H19N5O2/c27-20(13-16-5-4-10-22-14-16)24-17-8-9-19(23-15-17)26-12-11-25(21(26)28)18-6-2-1-3-7-18/h1-10,14-15H,11-13H2,(H,24,27). The average Bonchev–Trinajstić information content (AvgIpc) is 3.11. The van der Waals surface area contributed by atoms with Crippen molar-refractivity contribution in [2.24, 2.45) is 0 Å². The lowest BCUT2D eigenvalue weighted by atomic mass is 10.2. The van der Waals surface area contributed by atoms with E-state index in [-0.39, 0.29) is 18.4 Å². The summed E-state index contributed by atoms with van der Waals surface area (Å²) in [5, 5.41) is 2.81. The lowest BCUT2D eigenvalue weighted by Crippen LogP contribution is -2.32. The van der Waals surface area contributed by atoms with E-state index in [1.807, 2.05) is 36.4 Å². The normalized spacial score (nSPS) is 13.6. The zero-order valence-electron chi connectivity index (χ0n) is 15.2. The number of carbonyl (C=O) groups excluding carboxylic acids is 2. The van der Waals surface area contributed by atoms with Crippen molar-refractivity contribution in [3.63, 3.8) is 0 Å². The third-order valence-corrected chi connectivity index (χ3v) is 4.47. The second kappa shape index (κ2) is 7.87. The van der Waals surface area contributed by atoms with Crippen molar-refractivity contribution in [1.29, 1.82) is 0 Å². The van der Waals surface area contributed by atoms with E-state index < -0.39 is 0 Å². The van der Waals surface area contributed by atoms with Crippen molar-refractivity contribution in [1.82, 2.24) is 9.97 Å². The van der Waals surface area contributed by atoms with E-state index >= 15 is 0 Å². The Kier molecular flexibility index (Phi) is 4.97. The number of benzene rings is 1. The molecule has 4 rings (SSSR count). The molecule has 0 radical (unpaired) electrons. The summed E-state index contributed by atoms with van der Waals surface area (Å²) in [6.45, 7) is 1.17. The van der Waals surface area contributed by atoms with Gasteiger partial charge < -0.3 is 5.32 Å². The van der Waals surface area contributed by atoms with Crippen LogP contribution >= 0.6 is 0 Å². The molecular weight excluding hydrogens is 354 g/mol. The number of urea groups is 1. The van der Waals surface area contributed by atoms with Gasteiger partial charge in [-0.3, -0.25) is 19.6 Å². The minimum absolute atomic E-state index is 0.105. The minimum atomic E-state index is -0.143. The number of amides is 3. The van der Waals surface area contributed by atoms with Crippen LogP contribution in [-0.2, 0) is 11.2 Å². The number of para-hydroxylation sites is 1. The zero-order valence-corrected chi connectivity index (χ0v) is 15.2. The van der Waals surface area contributed by atoms with Crippen molar-refractivity contribution in [3.05, 3.63) is 78.8 Å². The van der Waals surface area contributed by atoms with E-state index in [0.29, 0.717) is 24.6 Å². The van der Waals surface area contributed by atoms with E-state index in [1.54, 1.807) is 46.6 Å². The summed E-state index contributed by atoms with van der Waals surface area (Å²) in [7, 11) is 0. The molecule has 1 N–H and O–H groups in total. The summed E-state index contributed by atoms with van der Waals surface area (Å²) in [4.78, 5) is 36.6. The second-order valence-corrected chi connectivity index (χ2v) is 6.41. The average molecular weight is 373 g/mol. The van der Waals surface area contributed by atoms with Gasteiger partial charge in [0.2, 0.25) is 5.91 Å². The lowest BCUT2D eigenvalue weighted by Gasteiger charge is -2.18. The van der Waals surface area contributed by atoms with Crippen molar-refractivity contribution in [2.75, 3.05) is 28.2 Å². The summed E-state index contributed by atoms with van der Waals surface area (Å²) in [5.74, 6) is 0.420. The quantitative estimate of drug-likeness (QED) is 0.745. The molecule has 0 saturated carbocycles. The van der Waals surface area contributed by atoms with Gasteiger partial charge in [-0.2, -0.15) is 0 Å². The number of carbonyl (C=O) groups is 2. The number of anilines is 3. The molecule has 0 aliphatic carbocycles. The lowest BCUT2D eigenvalue weighted by molar-refractivity contribution is -0.115. The molecule has 1 saturated heterocycles. The molecule has 140 valence electrons. The van der Waals surface area contributed by atoms with Crippen LogP contribution in [0.1, 0.15) is 5.56 Å². The first-order chi connectivity index (χ1) is 13.7. The van der Waals surface area contributed by atoms with E-state index in [9.17, 15) is 9.59 Å². The second-order valence-electron chi connectivity index (χ2n) is 6.41. The predicted octanol–water partition coefficient (Wildman–Crippen LogP) is 3.10. The predicted molar refractivity (Wildman–Crippen MR) is 107 cm³/mol. The Morgan fingerprint density at radius 2 is 1.79 bits per heavy atom. The number of nitrogens with one attached hydrogen (secondary N) is 1. The van der Waals surface area contributed by atoms with Crippen LogP contribution in [0.5, 0.6) is 0 Å². The summed E-state index contributed by atoms with van der Waals surface area (Å²) in [6, 6.07) is 16.6. The summed E-state index contributed by atoms with van der Waals surface area (Å²) < 4.78 is 0. The van der Waals surface area contributed by atoms with Gasteiger partial charge in [0.1, 0.15) is 5.82 Å². The highest BCUT2D eigenvalue weighted by atomic mass is 16.2. The van der Waals surface area contributed by atoms with Gasteiger partial charge in [-0.15, -0.1) is 0 Å². The van der Waals surface area contributed by atoms with Crippen molar-refractivity contribution >= 4 is 29.1 Å². The van der Waals surface area contributed by atoms with Crippen LogP contribution in [-0.4, -0.2) is 35.0 Å². The van der Waals surface area contributed by atoms with E-state index in [4.69, 9.17) is 0 Å². The van der Waals surface area contributed by atoms with E-state index in [2.05, 4.69) is 15.3 Å². The maximum Gasteiger partial charge on any atom is 0.330 e. The summed E-state index contributed by atoms with van der Waals surface area (Å²) in [6.07, 6.45) is 5.14. The summed E-state index contributed by atoms with van der Waals surface area (Å²) in [5.41, 5.74) is 2.30. The van der Waals surface area contributed by atoms with Gasteiger partial charge in [0.15, 0.2) is 0 Å². The first kappa shape index (κ1) is 17.7. The Hall–Kier alpha value is -3.74. The molecular formula is C21H19N5O2.